The number of rotatable bonds is 4. The zero-order valence-corrected chi connectivity index (χ0v) is 15.1. The summed E-state index contributed by atoms with van der Waals surface area (Å²) < 4.78 is 7.69. The number of aromatic hydroxyl groups is 1. The Morgan fingerprint density at radius 1 is 1.09 bits per heavy atom. The topological polar surface area (TPSA) is 29.5 Å². The van der Waals surface area contributed by atoms with Gasteiger partial charge in [0.05, 0.1) is 11.3 Å². The van der Waals surface area contributed by atoms with E-state index < -0.39 is 0 Å². The van der Waals surface area contributed by atoms with Crippen molar-refractivity contribution >= 4 is 39.3 Å². The van der Waals surface area contributed by atoms with Gasteiger partial charge in [0, 0.05) is 10.8 Å². The lowest BCUT2D eigenvalue weighted by Crippen LogP contribution is -1.83. The Balaban J connectivity index is 0.000000924. The molecule has 0 amide bonds. The number of ether oxygens (including phenoxy) is 1. The Morgan fingerprint density at radius 2 is 1.87 bits per heavy atom. The van der Waals surface area contributed by atoms with E-state index in [1.807, 2.05) is 31.4 Å². The van der Waals surface area contributed by atoms with Crippen molar-refractivity contribution in [3.05, 3.63) is 59.5 Å². The molecule has 0 aliphatic heterocycles. The summed E-state index contributed by atoms with van der Waals surface area (Å²) in [6, 6.07) is 15.8. The number of phenolic OH excluding ortho intramolecular Hbond substituents is 1. The minimum Gasteiger partial charge on any atom is -0.508 e. The van der Waals surface area contributed by atoms with Gasteiger partial charge in [0.15, 0.2) is 0 Å². The molecule has 0 saturated carbocycles. The van der Waals surface area contributed by atoms with Crippen molar-refractivity contribution < 1.29 is 9.84 Å². The molecular weight excluding hydrogens is 324 g/mol. The molecule has 0 spiro atoms. The summed E-state index contributed by atoms with van der Waals surface area (Å²) in [5.41, 5.74) is 0.917. The number of thiophene rings is 1. The Hall–Kier alpha value is -1.91. The quantitative estimate of drug-likeness (QED) is 0.555. The highest BCUT2D eigenvalue weighted by Gasteiger charge is 2.00. The van der Waals surface area contributed by atoms with E-state index in [1.165, 1.54) is 14.3 Å². The Bertz CT molecular complexity index is 758. The van der Waals surface area contributed by atoms with Crippen LogP contribution in [0.4, 0.5) is 0 Å². The molecule has 0 saturated heterocycles. The molecule has 3 rings (SSSR count). The van der Waals surface area contributed by atoms with E-state index in [9.17, 15) is 5.11 Å². The number of fused-ring (bicyclic) bond motifs is 1. The van der Waals surface area contributed by atoms with Crippen LogP contribution >= 0.6 is 23.1 Å². The molecule has 1 aromatic heterocycles. The second-order valence-electron chi connectivity index (χ2n) is 4.49. The third-order valence-electron chi connectivity index (χ3n) is 3.00. The lowest BCUT2D eigenvalue weighted by Gasteiger charge is -2.02. The average molecular weight is 345 g/mol. The molecule has 0 bridgehead atoms. The van der Waals surface area contributed by atoms with Crippen molar-refractivity contribution in [3.63, 3.8) is 0 Å². The summed E-state index contributed by atoms with van der Waals surface area (Å²) in [4.78, 5) is 0. The summed E-state index contributed by atoms with van der Waals surface area (Å²) in [7, 11) is 1.59. The average Bonchev–Trinajstić information content (AvgIpc) is 2.99. The van der Waals surface area contributed by atoms with Gasteiger partial charge in [0.25, 0.3) is 0 Å². The fraction of sp³-hybridized carbons (Fsp3) is 0.158. The van der Waals surface area contributed by atoms with E-state index in [0.717, 1.165) is 5.56 Å². The van der Waals surface area contributed by atoms with Crippen LogP contribution in [-0.2, 0) is 0 Å². The van der Waals surface area contributed by atoms with Crippen LogP contribution < -0.4 is 4.74 Å². The summed E-state index contributed by atoms with van der Waals surface area (Å²) in [6.45, 7) is 4.00. The molecule has 2 nitrogen and oxygen atoms in total. The van der Waals surface area contributed by atoms with Crippen molar-refractivity contribution in [2.45, 2.75) is 18.1 Å². The molecule has 23 heavy (non-hydrogen) atoms. The van der Waals surface area contributed by atoms with Gasteiger partial charge in [0.2, 0.25) is 0 Å². The summed E-state index contributed by atoms with van der Waals surface area (Å²) in [5, 5.41) is 12.9. The number of thioether (sulfide) groups is 1. The van der Waals surface area contributed by atoms with Gasteiger partial charge in [-0.2, -0.15) is 0 Å². The molecule has 1 N–H and O–H groups in total. The van der Waals surface area contributed by atoms with Crippen molar-refractivity contribution in [2.24, 2.45) is 0 Å². The molecule has 120 valence electrons. The predicted octanol–water partition coefficient (Wildman–Crippen LogP) is 6.40. The fourth-order valence-electron chi connectivity index (χ4n) is 2.02. The second kappa shape index (κ2) is 8.65. The first-order valence-corrected chi connectivity index (χ1v) is 9.14. The lowest BCUT2D eigenvalue weighted by molar-refractivity contribution is 0.407. The number of benzene rings is 2. The van der Waals surface area contributed by atoms with Crippen LogP contribution in [-0.4, -0.2) is 12.2 Å². The molecule has 1 heterocycles. The summed E-state index contributed by atoms with van der Waals surface area (Å²) >= 11 is 3.46. The Morgan fingerprint density at radius 3 is 2.61 bits per heavy atom. The first kappa shape index (κ1) is 17.4. The first-order chi connectivity index (χ1) is 11.2. The van der Waals surface area contributed by atoms with Crippen molar-refractivity contribution in [1.82, 2.24) is 0 Å². The third-order valence-corrected chi connectivity index (χ3v) is 5.07. The van der Waals surface area contributed by atoms with Gasteiger partial charge in [-0.05, 0) is 46.7 Å². The van der Waals surface area contributed by atoms with Gasteiger partial charge < -0.3 is 9.84 Å². The fourth-order valence-corrected chi connectivity index (χ4v) is 3.99. The van der Waals surface area contributed by atoms with E-state index >= 15 is 0 Å². The van der Waals surface area contributed by atoms with E-state index in [1.54, 1.807) is 42.3 Å². The van der Waals surface area contributed by atoms with E-state index in [2.05, 4.69) is 30.3 Å². The number of phenols is 1. The van der Waals surface area contributed by atoms with E-state index in [4.69, 9.17) is 4.74 Å². The van der Waals surface area contributed by atoms with Crippen LogP contribution in [0.1, 0.15) is 19.4 Å². The SMILES string of the molecule is CC.COc1cc(O)cc(/C=C/Sc2cc3ccccc3s2)c1. The van der Waals surface area contributed by atoms with Gasteiger partial charge in [-0.25, -0.2) is 0 Å². The molecule has 0 radical (unpaired) electrons. The maximum absolute atomic E-state index is 9.62. The van der Waals surface area contributed by atoms with Gasteiger partial charge >= 0.3 is 0 Å². The van der Waals surface area contributed by atoms with Gasteiger partial charge in [-0.15, -0.1) is 11.3 Å². The van der Waals surface area contributed by atoms with Gasteiger partial charge in [-0.3, -0.25) is 0 Å². The zero-order valence-electron chi connectivity index (χ0n) is 13.4. The number of hydrogen-bond acceptors (Lipinski definition) is 4. The highest BCUT2D eigenvalue weighted by Crippen LogP contribution is 2.34. The maximum atomic E-state index is 9.62. The smallest absolute Gasteiger partial charge is 0.123 e. The summed E-state index contributed by atoms with van der Waals surface area (Å²) in [5.74, 6) is 0.863. The third kappa shape index (κ3) is 4.78. The Labute approximate surface area is 145 Å². The molecule has 0 unspecified atom stereocenters. The molecule has 0 aliphatic rings. The van der Waals surface area contributed by atoms with Crippen LogP contribution in [0.2, 0.25) is 0 Å². The normalized spacial score (nSPS) is 10.6. The van der Waals surface area contributed by atoms with Crippen molar-refractivity contribution in [2.75, 3.05) is 7.11 Å². The van der Waals surface area contributed by atoms with Crippen LogP contribution in [0, 0.1) is 0 Å². The second-order valence-corrected chi connectivity index (χ2v) is 6.78. The number of methoxy groups -OCH3 is 1. The van der Waals surface area contributed by atoms with Crippen LogP contribution in [0.25, 0.3) is 16.2 Å². The monoisotopic (exact) mass is 344 g/mol. The van der Waals surface area contributed by atoms with Crippen LogP contribution in [0.15, 0.2) is 58.1 Å². The number of hydrogen-bond donors (Lipinski definition) is 1. The summed E-state index contributed by atoms with van der Waals surface area (Å²) in [6.07, 6.45) is 1.97. The molecule has 0 fully saturated rings. The molecular formula is C19H20O2S2. The predicted molar refractivity (Wildman–Crippen MR) is 103 cm³/mol. The zero-order chi connectivity index (χ0) is 16.7. The largest absolute Gasteiger partial charge is 0.508 e. The van der Waals surface area contributed by atoms with Gasteiger partial charge in [0.1, 0.15) is 11.5 Å². The van der Waals surface area contributed by atoms with Crippen molar-refractivity contribution in [1.29, 1.82) is 0 Å². The first-order valence-electron chi connectivity index (χ1n) is 7.44. The molecule has 3 aromatic rings. The molecule has 0 atom stereocenters. The highest BCUT2D eigenvalue weighted by atomic mass is 32.2. The van der Waals surface area contributed by atoms with E-state index in [-0.39, 0.29) is 5.75 Å². The van der Waals surface area contributed by atoms with Crippen molar-refractivity contribution in [3.8, 4) is 11.5 Å². The standard InChI is InChI=1S/C17H14O2S2.C2H6/c1-19-15-9-12(8-14(18)11-15)6-7-20-17-10-13-4-2-3-5-16(13)21-17;1-2/h2-11,18H,1H3;1-2H3/b7-6+;. The molecule has 2 aromatic carbocycles. The maximum Gasteiger partial charge on any atom is 0.123 e. The molecule has 0 aliphatic carbocycles. The van der Waals surface area contributed by atoms with Gasteiger partial charge in [-0.1, -0.05) is 43.8 Å². The van der Waals surface area contributed by atoms with Crippen LogP contribution in [0.3, 0.4) is 0 Å². The minimum absolute atomic E-state index is 0.209. The van der Waals surface area contributed by atoms with Crippen LogP contribution in [0.5, 0.6) is 11.5 Å². The Kier molecular flexibility index (Phi) is 6.56. The lowest BCUT2D eigenvalue weighted by atomic mass is 10.2. The van der Waals surface area contributed by atoms with E-state index in [0.29, 0.717) is 5.75 Å². The minimum atomic E-state index is 0.209. The highest BCUT2D eigenvalue weighted by molar-refractivity contribution is 8.04. The molecule has 4 heteroatoms.